The van der Waals surface area contributed by atoms with E-state index in [-0.39, 0.29) is 63.9 Å². The minimum absolute atomic E-state index is 0.0673. The number of hydrogen-bond acceptors (Lipinski definition) is 32. The van der Waals surface area contributed by atoms with Crippen LogP contribution >= 0.6 is 11.6 Å². The molecule has 119 heavy (non-hydrogen) atoms. The fraction of sp³-hybridized carbons (Fsp3) is 0.590. The number of ether oxygens (including phenoxy) is 2. The molecule has 0 spiro atoms. The fourth-order valence-corrected chi connectivity index (χ4v) is 18.3. The van der Waals surface area contributed by atoms with Gasteiger partial charge in [-0.05, 0) is 238 Å². The normalized spacial score (nSPS) is 25.4. The first kappa shape index (κ1) is 87.2. The molecular formula is C78H105ClN24O16. The van der Waals surface area contributed by atoms with Crippen LogP contribution in [0.15, 0.2) is 109 Å². The number of likely N-dealkylation sites (N-methyl/N-ethyl adjacent to an activating group) is 2. The van der Waals surface area contributed by atoms with E-state index in [1.165, 1.54) is 55.0 Å². The molecule has 0 bridgehead atoms. The van der Waals surface area contributed by atoms with Crippen LogP contribution in [0.1, 0.15) is 80.1 Å². The number of amides is 2. The van der Waals surface area contributed by atoms with Gasteiger partial charge in [0, 0.05) is 220 Å². The summed E-state index contributed by atoms with van der Waals surface area (Å²) in [6.45, 7) is 28.1. The highest BCUT2D eigenvalue weighted by molar-refractivity contribution is 6.29. The van der Waals surface area contributed by atoms with Crippen LogP contribution in [-0.2, 0) is 9.47 Å². The van der Waals surface area contributed by atoms with E-state index in [4.69, 9.17) is 21.1 Å². The number of aromatic nitrogens is 6. The van der Waals surface area contributed by atoms with Crippen LogP contribution < -0.4 is 40.4 Å². The lowest BCUT2D eigenvalue weighted by atomic mass is 10.1. The summed E-state index contributed by atoms with van der Waals surface area (Å²) in [7, 11) is 4.24. The lowest BCUT2D eigenvalue weighted by molar-refractivity contribution is -0.389. The van der Waals surface area contributed by atoms with Gasteiger partial charge in [0.2, 0.25) is 34.2 Å². The van der Waals surface area contributed by atoms with Gasteiger partial charge in [-0.25, -0.2) is 9.59 Å². The number of nitrogens with zero attached hydrogens (tertiary/aromatic N) is 21. The Labute approximate surface area is 693 Å². The van der Waals surface area contributed by atoms with E-state index in [1.807, 2.05) is 70.7 Å². The smallest absolute Gasteiger partial charge is 0.410 e. The Morgan fingerprint density at radius 2 is 0.664 bits per heavy atom. The molecule has 40 nitrogen and oxygen atoms in total. The summed E-state index contributed by atoms with van der Waals surface area (Å²) in [5.41, 5.74) is -0.904. The number of carbonyl (C=O) groups is 2. The number of hydrogen-bond donors (Lipinski definition) is 3. The fourth-order valence-electron chi connectivity index (χ4n) is 18.1. The molecule has 12 fully saturated rings. The monoisotopic (exact) mass is 1670 g/mol. The summed E-state index contributed by atoms with van der Waals surface area (Å²) in [6, 6.07) is 31.6. The van der Waals surface area contributed by atoms with Crippen molar-refractivity contribution in [3.05, 3.63) is 175 Å². The lowest BCUT2D eigenvalue weighted by Gasteiger charge is -2.26. The molecule has 12 aliphatic heterocycles. The third-order valence-electron chi connectivity index (χ3n) is 23.5. The Morgan fingerprint density at radius 1 is 0.370 bits per heavy atom. The predicted molar refractivity (Wildman–Crippen MR) is 443 cm³/mol. The highest BCUT2D eigenvalue weighted by atomic mass is 35.5. The largest absolute Gasteiger partial charge is 0.444 e. The molecule has 3 N–H and O–H groups in total. The maximum absolute atomic E-state index is 12.3. The molecule has 640 valence electrons. The third-order valence-corrected chi connectivity index (χ3v) is 23.7. The van der Waals surface area contributed by atoms with Crippen LogP contribution in [0.2, 0.25) is 5.15 Å². The van der Waals surface area contributed by atoms with E-state index in [2.05, 4.69) is 94.2 Å². The SMILES string of the molecule is CC(C)(C)OC(=O)N1CC2CCN(c3cccc([N+](=O)[O-])n3)C2C1.CC(C)(C)OC(=O)N1CC2CCNC2C1.CN1CC2CCN(c3cccc([N+](=O)[O-])n3)C2C1.CN1CC2CCN(c3cccc([N+](=O)[O-])n3)C2C1.O=[N+]([O-])c1cccc(Cl)n1.O=[N+]([O-])c1cccc(N2CCC3CNCC32)n1.O=[N+]([O-])c1cccc(N2CCC3CNCC32)n1. The Bertz CT molecular complexity index is 4430. The minimum atomic E-state index is -0.591. The van der Waals surface area contributed by atoms with Crippen molar-refractivity contribution in [1.82, 2.24) is 65.5 Å². The topological polar surface area (TPSA) is 454 Å². The standard InChI is InChI=1S/C16H22N4O4.2C12H16N4O2.2C11H14N4O2.C11H20N2O2.C5H3ClN2O2/c1-16(2,3)24-15(21)18-9-11-7-8-19(12(11)10-18)13-5-4-6-14(17-13)20(22)23;2*1-14-7-9-5-6-15(10(9)8-14)11-3-2-4-12(13-11)16(17)18;2*16-15(17)11-3-1-2-10(13-11)14-5-4-8-6-12-7-9(8)14;1-11(2,3)15-10(14)13-6-8-4-5-12-9(8)7-13;6-4-2-1-3-5(7-4)8(9)10/h4-6,11-12H,7-10H2,1-3H3;2*2-4,9-10H,5-8H2,1H3;2*1-3,8-9,12H,4-7H2;8-9,12H,4-7H2,1-3H3;1-3H. The number of pyridine rings is 6. The van der Waals surface area contributed by atoms with Crippen molar-refractivity contribution < 1.29 is 48.6 Å². The zero-order valence-electron chi connectivity index (χ0n) is 68.1. The predicted octanol–water partition coefficient (Wildman–Crippen LogP) is 9.13. The van der Waals surface area contributed by atoms with E-state index < -0.39 is 35.1 Å². The maximum Gasteiger partial charge on any atom is 0.410 e. The maximum atomic E-state index is 12.3. The molecule has 12 aliphatic rings. The van der Waals surface area contributed by atoms with Gasteiger partial charge in [0.25, 0.3) is 0 Å². The van der Waals surface area contributed by atoms with Crippen molar-refractivity contribution in [3.63, 3.8) is 0 Å². The summed E-state index contributed by atoms with van der Waals surface area (Å²) in [5.74, 6) is 6.55. The molecule has 41 heteroatoms. The van der Waals surface area contributed by atoms with Crippen LogP contribution in [0.25, 0.3) is 0 Å². The second-order valence-electron chi connectivity index (χ2n) is 33.8. The highest BCUT2D eigenvalue weighted by Crippen LogP contribution is 2.40. The van der Waals surface area contributed by atoms with Crippen LogP contribution in [0, 0.1) is 96.2 Å². The van der Waals surface area contributed by atoms with Crippen LogP contribution in [-0.4, -0.2) is 271 Å². The van der Waals surface area contributed by atoms with Gasteiger partial charge in [-0.2, -0.15) is 0 Å². The number of fused-ring (bicyclic) bond motifs is 6. The van der Waals surface area contributed by atoms with Crippen molar-refractivity contribution in [2.24, 2.45) is 35.5 Å². The van der Waals surface area contributed by atoms with Gasteiger partial charge in [-0.3, -0.25) is 0 Å². The Kier molecular flexibility index (Phi) is 28.1. The van der Waals surface area contributed by atoms with Crippen molar-refractivity contribution in [2.75, 3.05) is 156 Å². The van der Waals surface area contributed by atoms with Crippen LogP contribution in [0.5, 0.6) is 0 Å². The number of rotatable bonds is 11. The van der Waals surface area contributed by atoms with Gasteiger partial charge >= 0.3 is 47.1 Å². The molecular weight excluding hydrogens is 1560 g/mol. The van der Waals surface area contributed by atoms with Gasteiger partial charge in [-0.15, -0.1) is 0 Å². The van der Waals surface area contributed by atoms with Crippen molar-refractivity contribution in [3.8, 4) is 0 Å². The molecule has 6 aromatic heterocycles. The Morgan fingerprint density at radius 3 is 0.983 bits per heavy atom. The van der Waals surface area contributed by atoms with E-state index in [0.29, 0.717) is 84.6 Å². The first-order valence-electron chi connectivity index (χ1n) is 40.4. The summed E-state index contributed by atoms with van der Waals surface area (Å²) in [6.07, 6.45) is 6.24. The summed E-state index contributed by atoms with van der Waals surface area (Å²) in [5, 5.41) is 74.2. The van der Waals surface area contributed by atoms with Gasteiger partial charge in [0.15, 0.2) is 0 Å². The number of halogens is 1. The molecule has 0 aliphatic carbocycles. The van der Waals surface area contributed by atoms with Gasteiger partial charge in [0.05, 0.1) is 6.04 Å². The van der Waals surface area contributed by atoms with E-state index in [1.54, 1.807) is 41.3 Å². The molecule has 2 amide bonds. The van der Waals surface area contributed by atoms with Gasteiger partial charge < -0.3 is 130 Å². The van der Waals surface area contributed by atoms with E-state index in [0.717, 1.165) is 160 Å². The van der Waals surface area contributed by atoms with Crippen molar-refractivity contribution in [2.45, 2.75) is 128 Å². The quantitative estimate of drug-likeness (QED) is 0.0618. The first-order chi connectivity index (χ1) is 56.7. The lowest BCUT2D eigenvalue weighted by Crippen LogP contribution is -2.39. The molecule has 12 atom stereocenters. The summed E-state index contributed by atoms with van der Waals surface area (Å²) in [4.78, 5) is 128. The highest BCUT2D eigenvalue weighted by Gasteiger charge is 2.48. The van der Waals surface area contributed by atoms with Crippen molar-refractivity contribution in [1.29, 1.82) is 0 Å². The minimum Gasteiger partial charge on any atom is -0.444 e. The Hall–Kier alpha value is -11.1. The Balaban J connectivity index is 0.000000129. The average Bonchev–Trinajstić information content (AvgIpc) is 1.64. The van der Waals surface area contributed by atoms with Crippen molar-refractivity contribution >= 4 is 87.8 Å². The summed E-state index contributed by atoms with van der Waals surface area (Å²) >= 11 is 5.37. The van der Waals surface area contributed by atoms with Gasteiger partial charge in [0.1, 0.15) is 11.2 Å². The molecule has 0 radical (unpaired) electrons. The second kappa shape index (κ2) is 38.3. The average molecular weight is 1670 g/mol. The summed E-state index contributed by atoms with van der Waals surface area (Å²) < 4.78 is 10.8. The van der Waals surface area contributed by atoms with E-state index >= 15 is 0 Å². The number of nitro groups is 6. The molecule has 18 rings (SSSR count). The van der Waals surface area contributed by atoms with Gasteiger partial charge in [-0.1, -0.05) is 0 Å². The number of nitrogens with one attached hydrogen (secondary N) is 3. The second-order valence-corrected chi connectivity index (χ2v) is 34.2. The molecule has 12 saturated heterocycles. The zero-order chi connectivity index (χ0) is 85.1. The van der Waals surface area contributed by atoms with Crippen LogP contribution in [0.4, 0.5) is 73.6 Å². The molecule has 0 saturated carbocycles. The number of likely N-dealkylation sites (tertiary alicyclic amines) is 4. The molecule has 18 heterocycles. The number of carbonyl (C=O) groups excluding carboxylic acids is 2. The molecule has 12 unspecified atom stereocenters. The third kappa shape index (κ3) is 22.3. The molecule has 6 aromatic rings. The zero-order valence-corrected chi connectivity index (χ0v) is 68.8. The first-order valence-corrected chi connectivity index (χ1v) is 40.7. The molecule has 0 aromatic carbocycles. The van der Waals surface area contributed by atoms with E-state index in [9.17, 15) is 70.3 Å². The number of anilines is 5. The van der Waals surface area contributed by atoms with Crippen LogP contribution in [0.3, 0.4) is 0 Å².